The van der Waals surface area contributed by atoms with E-state index < -0.39 is 11.0 Å². The number of ether oxygens (including phenoxy) is 2. The van der Waals surface area contributed by atoms with E-state index >= 15 is 0 Å². The Hall–Kier alpha value is -0.640. The van der Waals surface area contributed by atoms with Gasteiger partial charge in [0.2, 0.25) is 0 Å². The first-order chi connectivity index (χ1) is 6.13. The van der Waals surface area contributed by atoms with Crippen LogP contribution in [-0.2, 0) is 14.3 Å². The Balaban J connectivity index is 2.77. The molecule has 0 aromatic carbocycles. The van der Waals surface area contributed by atoms with Gasteiger partial charge in [0.1, 0.15) is 0 Å². The Morgan fingerprint density at radius 2 is 2.15 bits per heavy atom. The van der Waals surface area contributed by atoms with Crippen LogP contribution in [0.15, 0.2) is 23.8 Å². The van der Waals surface area contributed by atoms with Crippen molar-refractivity contribution in [2.75, 3.05) is 14.2 Å². The summed E-state index contributed by atoms with van der Waals surface area (Å²) in [7, 11) is 3.10. The van der Waals surface area contributed by atoms with Crippen molar-refractivity contribution in [3.8, 4) is 0 Å². The highest BCUT2D eigenvalue weighted by atomic mass is 35.5. The Morgan fingerprint density at radius 1 is 1.54 bits per heavy atom. The highest BCUT2D eigenvalue weighted by Crippen LogP contribution is 2.25. The largest absolute Gasteiger partial charge is 0.349 e. The lowest BCUT2D eigenvalue weighted by atomic mass is 10.0. The second kappa shape index (κ2) is 4.05. The Labute approximate surface area is 82.0 Å². The number of halogens is 1. The van der Waals surface area contributed by atoms with Crippen LogP contribution in [0.3, 0.4) is 0 Å². The van der Waals surface area contributed by atoms with Crippen molar-refractivity contribution in [1.29, 1.82) is 0 Å². The molecule has 72 valence electrons. The average Bonchev–Trinajstić information content (AvgIpc) is 2.18. The third-order valence-electron chi connectivity index (χ3n) is 2.04. The van der Waals surface area contributed by atoms with E-state index in [1.807, 2.05) is 0 Å². The van der Waals surface area contributed by atoms with Crippen molar-refractivity contribution < 1.29 is 14.3 Å². The van der Waals surface area contributed by atoms with Gasteiger partial charge in [0.25, 0.3) is 5.24 Å². The molecule has 0 amide bonds. The van der Waals surface area contributed by atoms with Gasteiger partial charge in [-0.1, -0.05) is 6.08 Å². The predicted molar refractivity (Wildman–Crippen MR) is 49.4 cm³/mol. The molecule has 0 fully saturated rings. The minimum Gasteiger partial charge on any atom is -0.349 e. The zero-order chi connectivity index (χ0) is 9.90. The first-order valence-electron chi connectivity index (χ1n) is 3.83. The number of allylic oxidation sites excluding steroid dienone is 2. The molecule has 0 aromatic heterocycles. The van der Waals surface area contributed by atoms with Gasteiger partial charge < -0.3 is 9.47 Å². The Bertz CT molecular complexity index is 264. The molecule has 0 bridgehead atoms. The molecule has 1 aliphatic rings. The number of hydrogen-bond acceptors (Lipinski definition) is 3. The van der Waals surface area contributed by atoms with Gasteiger partial charge in [0, 0.05) is 26.2 Å². The summed E-state index contributed by atoms with van der Waals surface area (Å²) < 4.78 is 10.3. The fourth-order valence-electron chi connectivity index (χ4n) is 1.14. The topological polar surface area (TPSA) is 35.5 Å². The minimum absolute atomic E-state index is 0.461. The van der Waals surface area contributed by atoms with Crippen LogP contribution in [0.4, 0.5) is 0 Å². The fraction of sp³-hybridized carbons (Fsp3) is 0.444. The summed E-state index contributed by atoms with van der Waals surface area (Å²) in [6.45, 7) is 0. The smallest absolute Gasteiger partial charge is 0.252 e. The third kappa shape index (κ3) is 2.18. The van der Waals surface area contributed by atoms with Gasteiger partial charge in [-0.25, -0.2) is 0 Å². The van der Waals surface area contributed by atoms with Crippen LogP contribution in [0.25, 0.3) is 0 Å². The van der Waals surface area contributed by atoms with Crippen LogP contribution in [0.2, 0.25) is 0 Å². The quantitative estimate of drug-likeness (QED) is 0.516. The van der Waals surface area contributed by atoms with Gasteiger partial charge in [-0.05, 0) is 23.8 Å². The molecule has 1 aliphatic carbocycles. The Morgan fingerprint density at radius 3 is 2.46 bits per heavy atom. The van der Waals surface area contributed by atoms with Crippen LogP contribution in [-0.4, -0.2) is 25.2 Å². The number of hydrogen-bond donors (Lipinski definition) is 0. The molecule has 0 aliphatic heterocycles. The van der Waals surface area contributed by atoms with Crippen molar-refractivity contribution in [3.05, 3.63) is 23.8 Å². The molecule has 0 saturated heterocycles. The van der Waals surface area contributed by atoms with E-state index in [1.165, 1.54) is 0 Å². The molecule has 0 unspecified atom stereocenters. The number of carbonyl (C=O) groups excluding carboxylic acids is 1. The summed E-state index contributed by atoms with van der Waals surface area (Å²) in [5, 5.41) is -0.461. The molecule has 0 heterocycles. The molecule has 3 nitrogen and oxygen atoms in total. The van der Waals surface area contributed by atoms with Crippen molar-refractivity contribution in [1.82, 2.24) is 0 Å². The normalized spacial score (nSPS) is 19.8. The van der Waals surface area contributed by atoms with E-state index in [0.29, 0.717) is 12.0 Å². The van der Waals surface area contributed by atoms with Gasteiger partial charge >= 0.3 is 0 Å². The lowest BCUT2D eigenvalue weighted by Crippen LogP contribution is -2.32. The van der Waals surface area contributed by atoms with Crippen LogP contribution in [0.5, 0.6) is 0 Å². The van der Waals surface area contributed by atoms with Gasteiger partial charge in [-0.15, -0.1) is 0 Å². The van der Waals surface area contributed by atoms with E-state index in [-0.39, 0.29) is 0 Å². The van der Waals surface area contributed by atoms with Crippen molar-refractivity contribution in [2.24, 2.45) is 0 Å². The number of rotatable bonds is 3. The zero-order valence-electron chi connectivity index (χ0n) is 7.54. The average molecular weight is 203 g/mol. The fourth-order valence-corrected chi connectivity index (χ4v) is 1.28. The summed E-state index contributed by atoms with van der Waals surface area (Å²) in [6, 6.07) is 0. The van der Waals surface area contributed by atoms with Gasteiger partial charge in [0.15, 0.2) is 5.79 Å². The number of carbonyl (C=O) groups is 1. The van der Waals surface area contributed by atoms with Gasteiger partial charge in [-0.2, -0.15) is 0 Å². The molecule has 4 heteroatoms. The summed E-state index contributed by atoms with van der Waals surface area (Å²) >= 11 is 5.30. The molecule has 0 spiro atoms. The van der Waals surface area contributed by atoms with Crippen LogP contribution in [0.1, 0.15) is 6.42 Å². The number of methoxy groups -OCH3 is 2. The standard InChI is InChI=1S/C9H11ClO3/c1-12-9(13-2)5-3-7(4-6-9)8(10)11/h3-5H,6H2,1-2H3. The summed E-state index contributed by atoms with van der Waals surface area (Å²) in [6.07, 6.45) is 5.47. The van der Waals surface area contributed by atoms with Crippen molar-refractivity contribution in [3.63, 3.8) is 0 Å². The van der Waals surface area contributed by atoms with Crippen molar-refractivity contribution >= 4 is 16.8 Å². The zero-order valence-corrected chi connectivity index (χ0v) is 8.30. The van der Waals surface area contributed by atoms with Crippen LogP contribution in [0, 0.1) is 0 Å². The minimum atomic E-state index is -0.740. The molecule has 0 atom stereocenters. The molecule has 0 N–H and O–H groups in total. The SMILES string of the molecule is COC1(OC)C=CC(C(=O)Cl)=CC1. The summed E-state index contributed by atoms with van der Waals surface area (Å²) in [5.74, 6) is -0.740. The predicted octanol–water partition coefficient (Wildman–Crippen LogP) is 1.63. The van der Waals surface area contributed by atoms with Gasteiger partial charge in [0.05, 0.1) is 0 Å². The first-order valence-corrected chi connectivity index (χ1v) is 4.21. The monoisotopic (exact) mass is 202 g/mol. The first kappa shape index (κ1) is 10.4. The van der Waals surface area contributed by atoms with Crippen LogP contribution < -0.4 is 0 Å². The summed E-state index contributed by atoms with van der Waals surface area (Å²) in [4.78, 5) is 10.8. The van der Waals surface area contributed by atoms with E-state index in [2.05, 4.69) is 0 Å². The van der Waals surface area contributed by atoms with E-state index in [0.717, 1.165) is 0 Å². The summed E-state index contributed by atoms with van der Waals surface area (Å²) in [5.41, 5.74) is 0.478. The lowest BCUT2D eigenvalue weighted by Gasteiger charge is -2.28. The second-order valence-electron chi connectivity index (χ2n) is 2.69. The maximum absolute atomic E-state index is 10.8. The van der Waals surface area contributed by atoms with E-state index in [9.17, 15) is 4.79 Å². The molecule has 13 heavy (non-hydrogen) atoms. The van der Waals surface area contributed by atoms with Crippen LogP contribution >= 0.6 is 11.6 Å². The molecule has 0 saturated carbocycles. The molecule has 0 aromatic rings. The highest BCUT2D eigenvalue weighted by molar-refractivity contribution is 6.68. The van der Waals surface area contributed by atoms with Gasteiger partial charge in [-0.3, -0.25) is 4.79 Å². The lowest BCUT2D eigenvalue weighted by molar-refractivity contribution is -0.167. The molecular formula is C9H11ClO3. The molecule has 0 radical (unpaired) electrons. The van der Waals surface area contributed by atoms with E-state index in [4.69, 9.17) is 21.1 Å². The second-order valence-corrected chi connectivity index (χ2v) is 3.03. The van der Waals surface area contributed by atoms with E-state index in [1.54, 1.807) is 32.4 Å². The maximum Gasteiger partial charge on any atom is 0.252 e. The Kier molecular flexibility index (Phi) is 3.25. The molecule has 1 rings (SSSR count). The van der Waals surface area contributed by atoms with Crippen molar-refractivity contribution in [2.45, 2.75) is 12.2 Å². The third-order valence-corrected chi connectivity index (χ3v) is 2.26. The molecular weight excluding hydrogens is 192 g/mol. The maximum atomic E-state index is 10.8. The highest BCUT2D eigenvalue weighted by Gasteiger charge is 2.28.